The molecule has 0 aliphatic rings. The van der Waals surface area contributed by atoms with Crippen molar-refractivity contribution < 1.29 is 9.32 Å². The Morgan fingerprint density at radius 1 is 1.60 bits per heavy atom. The van der Waals surface area contributed by atoms with Gasteiger partial charge in [0.15, 0.2) is 0 Å². The van der Waals surface area contributed by atoms with Gasteiger partial charge in [-0.2, -0.15) is 5.10 Å². The number of aromatic nitrogens is 3. The summed E-state index contributed by atoms with van der Waals surface area (Å²) >= 11 is 2.06. The summed E-state index contributed by atoms with van der Waals surface area (Å²) in [5.41, 5.74) is 1.05. The van der Waals surface area contributed by atoms with Crippen LogP contribution in [0.4, 0.5) is 5.69 Å². The van der Waals surface area contributed by atoms with E-state index in [4.69, 9.17) is 0 Å². The highest BCUT2D eigenvalue weighted by molar-refractivity contribution is 14.1. The van der Waals surface area contributed by atoms with Crippen LogP contribution in [-0.4, -0.2) is 20.8 Å². The van der Waals surface area contributed by atoms with E-state index in [2.05, 4.69) is 42.7 Å². The minimum absolute atomic E-state index is 0.226. The number of hydrogen-bond donors (Lipinski definition) is 1. The first-order valence-corrected chi connectivity index (χ1v) is 5.14. The van der Waals surface area contributed by atoms with Crippen LogP contribution in [-0.2, 0) is 7.05 Å². The minimum atomic E-state index is -0.226. The van der Waals surface area contributed by atoms with Crippen LogP contribution in [0.5, 0.6) is 0 Å². The normalized spacial score (nSPS) is 10.3. The van der Waals surface area contributed by atoms with Gasteiger partial charge in [0.1, 0.15) is 15.7 Å². The molecule has 7 heteroatoms. The highest BCUT2D eigenvalue weighted by atomic mass is 127. The standard InChI is InChI=1S/C8H7IN4O2/c1-13-7(9)6(3-10-13)8(14)12-5-2-11-15-4-5/h2-4H,1H3,(H,12,14). The van der Waals surface area contributed by atoms with E-state index < -0.39 is 0 Å². The van der Waals surface area contributed by atoms with E-state index in [0.717, 1.165) is 3.70 Å². The van der Waals surface area contributed by atoms with Crippen molar-refractivity contribution in [2.45, 2.75) is 0 Å². The summed E-state index contributed by atoms with van der Waals surface area (Å²) in [6.07, 6.45) is 4.31. The van der Waals surface area contributed by atoms with Gasteiger partial charge >= 0.3 is 0 Å². The van der Waals surface area contributed by atoms with Crippen LogP contribution in [0.25, 0.3) is 0 Å². The minimum Gasteiger partial charge on any atom is -0.363 e. The number of nitrogens with zero attached hydrogens (tertiary/aromatic N) is 3. The van der Waals surface area contributed by atoms with Gasteiger partial charge in [0, 0.05) is 7.05 Å². The van der Waals surface area contributed by atoms with E-state index in [0.29, 0.717) is 11.3 Å². The predicted molar refractivity (Wildman–Crippen MR) is 60.4 cm³/mol. The largest absolute Gasteiger partial charge is 0.363 e. The van der Waals surface area contributed by atoms with E-state index in [-0.39, 0.29) is 5.91 Å². The smallest absolute Gasteiger partial charge is 0.260 e. The van der Waals surface area contributed by atoms with Gasteiger partial charge in [-0.05, 0) is 22.6 Å². The Hall–Kier alpha value is -1.38. The fraction of sp³-hybridized carbons (Fsp3) is 0.125. The fourth-order valence-electron chi connectivity index (χ4n) is 1.04. The van der Waals surface area contributed by atoms with Crippen molar-refractivity contribution in [3.63, 3.8) is 0 Å². The Morgan fingerprint density at radius 2 is 2.40 bits per heavy atom. The molecule has 0 unspecified atom stereocenters. The summed E-state index contributed by atoms with van der Waals surface area (Å²) in [5, 5.41) is 10.1. The Kier molecular flexibility index (Phi) is 2.71. The zero-order valence-corrected chi connectivity index (χ0v) is 9.93. The molecule has 2 rings (SSSR count). The summed E-state index contributed by atoms with van der Waals surface area (Å²) in [6, 6.07) is 0. The second-order valence-electron chi connectivity index (χ2n) is 2.84. The van der Waals surface area contributed by atoms with Gasteiger partial charge < -0.3 is 9.84 Å². The van der Waals surface area contributed by atoms with Crippen LogP contribution in [0.1, 0.15) is 10.4 Å². The lowest BCUT2D eigenvalue weighted by molar-refractivity contribution is 0.102. The Balaban J connectivity index is 2.19. The molecule has 0 aliphatic carbocycles. The number of nitrogens with one attached hydrogen (secondary N) is 1. The molecule has 0 aromatic carbocycles. The number of carbonyl (C=O) groups is 1. The lowest BCUT2D eigenvalue weighted by atomic mass is 10.3. The van der Waals surface area contributed by atoms with Crippen LogP contribution >= 0.6 is 22.6 Å². The predicted octanol–water partition coefficient (Wildman–Crippen LogP) is 1.26. The van der Waals surface area contributed by atoms with Gasteiger partial charge in [-0.25, -0.2) is 0 Å². The van der Waals surface area contributed by atoms with E-state index >= 15 is 0 Å². The van der Waals surface area contributed by atoms with Gasteiger partial charge in [0.2, 0.25) is 0 Å². The first kappa shape index (κ1) is 10.1. The van der Waals surface area contributed by atoms with Crippen molar-refractivity contribution in [2.75, 3.05) is 5.32 Å². The summed E-state index contributed by atoms with van der Waals surface area (Å²) in [7, 11) is 1.78. The van der Waals surface area contributed by atoms with E-state index in [1.807, 2.05) is 0 Å². The highest BCUT2D eigenvalue weighted by Crippen LogP contribution is 2.13. The molecule has 0 saturated carbocycles. The summed E-state index contributed by atoms with van der Waals surface area (Å²) < 4.78 is 7.01. The fourth-order valence-corrected chi connectivity index (χ4v) is 1.55. The third-order valence-corrected chi connectivity index (χ3v) is 3.08. The maximum Gasteiger partial charge on any atom is 0.260 e. The lowest BCUT2D eigenvalue weighted by Gasteiger charge is -1.99. The molecule has 0 atom stereocenters. The van der Waals surface area contributed by atoms with Crippen LogP contribution < -0.4 is 5.32 Å². The highest BCUT2D eigenvalue weighted by Gasteiger charge is 2.14. The summed E-state index contributed by atoms with van der Waals surface area (Å²) in [4.78, 5) is 11.7. The van der Waals surface area contributed by atoms with E-state index in [1.165, 1.54) is 18.7 Å². The van der Waals surface area contributed by atoms with Crippen molar-refractivity contribution in [2.24, 2.45) is 7.05 Å². The first-order valence-electron chi connectivity index (χ1n) is 4.06. The van der Waals surface area contributed by atoms with Gasteiger partial charge in [0.25, 0.3) is 5.91 Å². The number of carbonyl (C=O) groups excluding carboxylic acids is 1. The average Bonchev–Trinajstić information content (AvgIpc) is 2.79. The van der Waals surface area contributed by atoms with Crippen LogP contribution in [0.15, 0.2) is 23.2 Å². The lowest BCUT2D eigenvalue weighted by Crippen LogP contribution is -2.12. The number of amides is 1. The van der Waals surface area contributed by atoms with Gasteiger partial charge in [-0.3, -0.25) is 9.48 Å². The molecule has 78 valence electrons. The van der Waals surface area contributed by atoms with Crippen molar-refractivity contribution in [3.8, 4) is 0 Å². The zero-order chi connectivity index (χ0) is 10.8. The van der Waals surface area contributed by atoms with Crippen LogP contribution in [0.2, 0.25) is 0 Å². The molecule has 0 radical (unpaired) electrons. The van der Waals surface area contributed by atoms with E-state index in [9.17, 15) is 4.79 Å². The molecule has 15 heavy (non-hydrogen) atoms. The molecule has 1 N–H and O–H groups in total. The molecule has 0 spiro atoms. The Morgan fingerprint density at radius 3 is 2.93 bits per heavy atom. The number of hydrogen-bond acceptors (Lipinski definition) is 4. The van der Waals surface area contributed by atoms with Gasteiger partial charge in [0.05, 0.1) is 18.0 Å². The molecule has 0 saturated heterocycles. The van der Waals surface area contributed by atoms with Gasteiger partial charge in [-0.15, -0.1) is 0 Å². The third kappa shape index (κ3) is 2.01. The Bertz CT molecular complexity index is 477. The molecule has 0 bridgehead atoms. The number of aryl methyl sites for hydroxylation is 1. The topological polar surface area (TPSA) is 73.0 Å². The molecular formula is C8H7IN4O2. The van der Waals surface area contributed by atoms with Crippen LogP contribution in [0.3, 0.4) is 0 Å². The quantitative estimate of drug-likeness (QED) is 0.846. The summed E-state index contributed by atoms with van der Waals surface area (Å²) in [6.45, 7) is 0. The maximum atomic E-state index is 11.7. The molecule has 0 aliphatic heterocycles. The molecule has 0 fully saturated rings. The molecule has 1 amide bonds. The zero-order valence-electron chi connectivity index (χ0n) is 7.77. The van der Waals surface area contributed by atoms with Crippen molar-refractivity contribution in [1.29, 1.82) is 0 Å². The number of halogens is 1. The SMILES string of the molecule is Cn1ncc(C(=O)Nc2cnoc2)c1I. The molecule has 2 heterocycles. The Labute approximate surface area is 98.8 Å². The maximum absolute atomic E-state index is 11.7. The second kappa shape index (κ2) is 4.01. The van der Waals surface area contributed by atoms with E-state index in [1.54, 1.807) is 11.7 Å². The molecule has 2 aromatic heterocycles. The molecule has 2 aromatic rings. The van der Waals surface area contributed by atoms with Crippen molar-refractivity contribution in [1.82, 2.24) is 14.9 Å². The van der Waals surface area contributed by atoms with Crippen molar-refractivity contribution >= 4 is 34.2 Å². The third-order valence-electron chi connectivity index (χ3n) is 1.80. The second-order valence-corrected chi connectivity index (χ2v) is 3.86. The monoisotopic (exact) mass is 318 g/mol. The van der Waals surface area contributed by atoms with Gasteiger partial charge in [-0.1, -0.05) is 5.16 Å². The van der Waals surface area contributed by atoms with Crippen molar-refractivity contribution in [3.05, 3.63) is 27.9 Å². The molecular weight excluding hydrogens is 311 g/mol. The molecule has 6 nitrogen and oxygen atoms in total. The number of anilines is 1. The average molecular weight is 318 g/mol. The number of rotatable bonds is 2. The first-order chi connectivity index (χ1) is 7.18. The summed E-state index contributed by atoms with van der Waals surface area (Å²) in [5.74, 6) is -0.226. The van der Waals surface area contributed by atoms with Crippen LogP contribution in [0, 0.1) is 3.70 Å².